The summed E-state index contributed by atoms with van der Waals surface area (Å²) in [6.07, 6.45) is 0. The molecule has 7 nitrogen and oxygen atoms in total. The van der Waals surface area contributed by atoms with Gasteiger partial charge in [0.2, 0.25) is 5.91 Å². The first kappa shape index (κ1) is 20.4. The number of amides is 2. The topological polar surface area (TPSA) is 65.1 Å². The minimum atomic E-state index is -0.0306. The molecule has 2 aromatic rings. The third-order valence-electron chi connectivity index (χ3n) is 5.57. The van der Waals surface area contributed by atoms with Crippen molar-refractivity contribution in [2.75, 3.05) is 69.2 Å². The summed E-state index contributed by atoms with van der Waals surface area (Å²) < 4.78 is 5.39. The Hall–Kier alpha value is -2.90. The fraction of sp³-hybridized carbons (Fsp3) is 0.391. The average Bonchev–Trinajstić information content (AvgIpc) is 2.81. The second-order valence-electron chi connectivity index (χ2n) is 7.63. The molecule has 2 aliphatic rings. The summed E-state index contributed by atoms with van der Waals surface area (Å²) in [5.74, 6) is 0.0250. The van der Waals surface area contributed by atoms with Gasteiger partial charge in [-0.05, 0) is 36.4 Å². The number of carbonyl (C=O) groups is 2. The highest BCUT2D eigenvalue weighted by atomic mass is 16.5. The van der Waals surface area contributed by atoms with E-state index in [0.717, 1.165) is 37.7 Å². The molecule has 7 heteroatoms. The molecule has 2 saturated heterocycles. The van der Waals surface area contributed by atoms with Crippen LogP contribution in [0.15, 0.2) is 54.6 Å². The first-order valence-corrected chi connectivity index (χ1v) is 10.5. The van der Waals surface area contributed by atoms with Crippen LogP contribution in [-0.2, 0) is 9.53 Å². The molecule has 2 aromatic carbocycles. The number of nitrogens with one attached hydrogen (secondary N) is 1. The number of morpholine rings is 1. The van der Waals surface area contributed by atoms with Crippen LogP contribution in [-0.4, -0.2) is 80.6 Å². The van der Waals surface area contributed by atoms with Crippen molar-refractivity contribution in [3.8, 4) is 0 Å². The van der Waals surface area contributed by atoms with Crippen molar-refractivity contribution in [2.45, 2.75) is 0 Å². The summed E-state index contributed by atoms with van der Waals surface area (Å²) in [5.41, 5.74) is 2.66. The quantitative estimate of drug-likeness (QED) is 0.819. The van der Waals surface area contributed by atoms with Crippen LogP contribution in [0.5, 0.6) is 0 Å². The number of carbonyl (C=O) groups excluding carboxylic acids is 2. The molecule has 0 unspecified atom stereocenters. The molecular weight excluding hydrogens is 380 g/mol. The minimum absolute atomic E-state index is 0.0306. The summed E-state index contributed by atoms with van der Waals surface area (Å²) in [6.45, 7) is 6.29. The van der Waals surface area contributed by atoms with Crippen molar-refractivity contribution in [1.82, 2.24) is 9.80 Å². The van der Waals surface area contributed by atoms with Crippen molar-refractivity contribution < 1.29 is 14.3 Å². The maximum atomic E-state index is 12.5. The highest BCUT2D eigenvalue weighted by Gasteiger charge is 2.23. The number of ether oxygens (including phenoxy) is 1. The molecule has 0 aromatic heterocycles. The molecule has 158 valence electrons. The van der Waals surface area contributed by atoms with E-state index in [9.17, 15) is 9.59 Å². The molecule has 30 heavy (non-hydrogen) atoms. The maximum absolute atomic E-state index is 12.5. The molecule has 0 aliphatic carbocycles. The molecule has 0 bridgehead atoms. The minimum Gasteiger partial charge on any atom is -0.378 e. The Kier molecular flexibility index (Phi) is 6.61. The van der Waals surface area contributed by atoms with Crippen LogP contribution in [0.4, 0.5) is 11.4 Å². The van der Waals surface area contributed by atoms with Crippen molar-refractivity contribution >= 4 is 23.2 Å². The van der Waals surface area contributed by atoms with Crippen LogP contribution in [0.2, 0.25) is 0 Å². The van der Waals surface area contributed by atoms with Crippen LogP contribution >= 0.6 is 0 Å². The monoisotopic (exact) mass is 408 g/mol. The molecule has 2 amide bonds. The van der Waals surface area contributed by atoms with Crippen LogP contribution in [0.25, 0.3) is 0 Å². The van der Waals surface area contributed by atoms with Crippen molar-refractivity contribution in [3.05, 3.63) is 60.2 Å². The number of rotatable bonds is 5. The molecule has 0 saturated carbocycles. The van der Waals surface area contributed by atoms with E-state index < -0.39 is 0 Å². The Morgan fingerprint density at radius 2 is 1.50 bits per heavy atom. The summed E-state index contributed by atoms with van der Waals surface area (Å²) >= 11 is 0. The second kappa shape index (κ2) is 9.73. The van der Waals surface area contributed by atoms with Gasteiger partial charge in [-0.3, -0.25) is 14.5 Å². The molecule has 0 spiro atoms. The van der Waals surface area contributed by atoms with E-state index in [2.05, 4.69) is 15.1 Å². The van der Waals surface area contributed by atoms with E-state index >= 15 is 0 Å². The van der Waals surface area contributed by atoms with Gasteiger partial charge in [0, 0.05) is 56.2 Å². The number of piperazine rings is 1. The van der Waals surface area contributed by atoms with Gasteiger partial charge >= 0.3 is 0 Å². The van der Waals surface area contributed by atoms with Gasteiger partial charge in [0.05, 0.1) is 19.8 Å². The second-order valence-corrected chi connectivity index (χ2v) is 7.63. The maximum Gasteiger partial charge on any atom is 0.253 e. The van der Waals surface area contributed by atoms with Gasteiger partial charge in [0.25, 0.3) is 5.91 Å². The van der Waals surface area contributed by atoms with Gasteiger partial charge in [-0.1, -0.05) is 18.2 Å². The first-order chi connectivity index (χ1) is 14.7. The Morgan fingerprint density at radius 3 is 2.17 bits per heavy atom. The number of benzene rings is 2. The predicted molar refractivity (Wildman–Crippen MR) is 117 cm³/mol. The lowest BCUT2D eigenvalue weighted by Gasteiger charge is -2.34. The van der Waals surface area contributed by atoms with Crippen LogP contribution < -0.4 is 10.2 Å². The van der Waals surface area contributed by atoms with E-state index in [1.165, 1.54) is 0 Å². The van der Waals surface area contributed by atoms with Crippen molar-refractivity contribution in [1.29, 1.82) is 0 Å². The summed E-state index contributed by atoms with van der Waals surface area (Å²) in [6, 6.07) is 17.3. The van der Waals surface area contributed by atoms with E-state index in [4.69, 9.17) is 4.74 Å². The Labute approximate surface area is 177 Å². The fourth-order valence-corrected chi connectivity index (χ4v) is 3.85. The van der Waals surface area contributed by atoms with Gasteiger partial charge in [0.15, 0.2) is 0 Å². The molecule has 0 atom stereocenters. The smallest absolute Gasteiger partial charge is 0.253 e. The normalized spacial score (nSPS) is 17.6. The van der Waals surface area contributed by atoms with Gasteiger partial charge in [-0.25, -0.2) is 0 Å². The van der Waals surface area contributed by atoms with Gasteiger partial charge in [0.1, 0.15) is 0 Å². The largest absolute Gasteiger partial charge is 0.378 e. The average molecular weight is 409 g/mol. The van der Waals surface area contributed by atoms with E-state index in [1.54, 1.807) is 0 Å². The number of hydrogen-bond donors (Lipinski definition) is 1. The van der Waals surface area contributed by atoms with Crippen LogP contribution in [0.1, 0.15) is 10.4 Å². The molecule has 2 fully saturated rings. The first-order valence-electron chi connectivity index (χ1n) is 10.5. The zero-order valence-electron chi connectivity index (χ0n) is 17.1. The standard InChI is InChI=1S/C23H28N4O3/c28-22(24-20-6-8-21(9-7-20)26-14-16-30-17-15-26)18-25-10-12-27(13-11-25)23(29)19-4-2-1-3-5-19/h1-9H,10-18H2,(H,24,28). The lowest BCUT2D eigenvalue weighted by Crippen LogP contribution is -2.50. The van der Waals surface area contributed by atoms with Crippen LogP contribution in [0, 0.1) is 0 Å². The highest BCUT2D eigenvalue weighted by molar-refractivity contribution is 5.94. The van der Waals surface area contributed by atoms with Gasteiger partial charge in [-0.15, -0.1) is 0 Å². The Bertz CT molecular complexity index is 843. The summed E-state index contributed by atoms with van der Waals surface area (Å²) in [4.78, 5) is 31.2. The van der Waals surface area contributed by atoms with E-state index in [1.807, 2.05) is 59.5 Å². The number of anilines is 2. The van der Waals surface area contributed by atoms with Crippen molar-refractivity contribution in [3.63, 3.8) is 0 Å². The van der Waals surface area contributed by atoms with Crippen molar-refractivity contribution in [2.24, 2.45) is 0 Å². The van der Waals surface area contributed by atoms with Crippen LogP contribution in [0.3, 0.4) is 0 Å². The SMILES string of the molecule is O=C(CN1CCN(C(=O)c2ccccc2)CC1)Nc1ccc(N2CCOCC2)cc1. The zero-order chi connectivity index (χ0) is 20.8. The molecule has 2 aliphatic heterocycles. The highest BCUT2D eigenvalue weighted by Crippen LogP contribution is 2.19. The molecule has 4 rings (SSSR count). The number of nitrogens with zero attached hydrogens (tertiary/aromatic N) is 3. The number of hydrogen-bond acceptors (Lipinski definition) is 5. The zero-order valence-corrected chi connectivity index (χ0v) is 17.1. The molecule has 2 heterocycles. The third-order valence-corrected chi connectivity index (χ3v) is 5.57. The molecular formula is C23H28N4O3. The molecule has 0 radical (unpaired) electrons. The predicted octanol–water partition coefficient (Wildman–Crippen LogP) is 1.92. The van der Waals surface area contributed by atoms with Gasteiger partial charge in [-0.2, -0.15) is 0 Å². The lowest BCUT2D eigenvalue weighted by atomic mass is 10.2. The Morgan fingerprint density at radius 1 is 0.833 bits per heavy atom. The lowest BCUT2D eigenvalue weighted by molar-refractivity contribution is -0.117. The van der Waals surface area contributed by atoms with Gasteiger partial charge < -0.3 is 19.9 Å². The summed E-state index contributed by atoms with van der Waals surface area (Å²) in [7, 11) is 0. The third kappa shape index (κ3) is 5.17. The van der Waals surface area contributed by atoms with E-state index in [-0.39, 0.29) is 11.8 Å². The Balaban J connectivity index is 1.22. The van der Waals surface area contributed by atoms with E-state index in [0.29, 0.717) is 38.3 Å². The fourth-order valence-electron chi connectivity index (χ4n) is 3.85. The molecule has 1 N–H and O–H groups in total. The summed E-state index contributed by atoms with van der Waals surface area (Å²) in [5, 5.41) is 2.97.